The van der Waals surface area contributed by atoms with Crippen molar-refractivity contribution in [1.29, 1.82) is 0 Å². The number of oxime groups is 1. The van der Waals surface area contributed by atoms with Crippen molar-refractivity contribution in [2.24, 2.45) is 5.16 Å². The number of benzene rings is 1. The Bertz CT molecular complexity index is 845. The smallest absolute Gasteiger partial charge is 0.344 e. The summed E-state index contributed by atoms with van der Waals surface area (Å²) < 4.78 is 0. The second-order valence-corrected chi connectivity index (χ2v) is 6.37. The molecule has 1 saturated heterocycles. The number of aliphatic carboxylic acids is 1. The zero-order chi connectivity index (χ0) is 20.1. The number of rotatable bonds is 6. The first kappa shape index (κ1) is 22.0. The van der Waals surface area contributed by atoms with Crippen LogP contribution in [0.15, 0.2) is 29.4 Å². The van der Waals surface area contributed by atoms with Crippen molar-refractivity contribution >= 4 is 47.7 Å². The number of nitrogens with two attached hydrogens (primary N) is 2. The van der Waals surface area contributed by atoms with Gasteiger partial charge in [0.2, 0.25) is 12.6 Å². The fraction of sp³-hybridized carbons (Fsp3) is 0.333. The summed E-state index contributed by atoms with van der Waals surface area (Å²) >= 11 is 0. The van der Waals surface area contributed by atoms with Crippen molar-refractivity contribution in [2.75, 3.05) is 54.1 Å². The fourth-order valence-electron chi connectivity index (χ4n) is 3.15. The molecule has 10 nitrogen and oxygen atoms in total. The number of anilines is 4. The molecule has 1 aromatic carbocycles. The Hall–Kier alpha value is -3.27. The molecule has 0 unspecified atom stereocenters. The number of piperazine rings is 1. The van der Waals surface area contributed by atoms with Crippen LogP contribution in [0.5, 0.6) is 0 Å². The molecule has 0 spiro atoms. The molecule has 156 valence electrons. The van der Waals surface area contributed by atoms with Gasteiger partial charge >= 0.3 is 5.97 Å². The zero-order valence-electron chi connectivity index (χ0n) is 16.0. The van der Waals surface area contributed by atoms with Crippen LogP contribution in [0, 0.1) is 6.92 Å². The van der Waals surface area contributed by atoms with Crippen molar-refractivity contribution in [3.8, 4) is 0 Å². The summed E-state index contributed by atoms with van der Waals surface area (Å²) in [5, 5.41) is 12.1. The van der Waals surface area contributed by atoms with Gasteiger partial charge in [0.25, 0.3) is 0 Å². The van der Waals surface area contributed by atoms with Gasteiger partial charge in [0, 0.05) is 31.9 Å². The van der Waals surface area contributed by atoms with Crippen LogP contribution < -0.4 is 21.3 Å². The monoisotopic (exact) mass is 421 g/mol. The van der Waals surface area contributed by atoms with Gasteiger partial charge in [-0.3, -0.25) is 0 Å². The molecule has 0 aliphatic carbocycles. The number of hydrogen-bond donors (Lipinski definition) is 3. The molecule has 2 aromatic rings. The molecule has 11 heteroatoms. The van der Waals surface area contributed by atoms with Crippen LogP contribution in [0.25, 0.3) is 0 Å². The Labute approximate surface area is 174 Å². The third kappa shape index (κ3) is 5.61. The van der Waals surface area contributed by atoms with Gasteiger partial charge < -0.3 is 31.2 Å². The number of aromatic nitrogens is 2. The van der Waals surface area contributed by atoms with E-state index in [0.717, 1.165) is 48.8 Å². The van der Waals surface area contributed by atoms with Crippen LogP contribution in [0.4, 0.5) is 23.1 Å². The lowest BCUT2D eigenvalue weighted by molar-refractivity contribution is -0.142. The summed E-state index contributed by atoms with van der Waals surface area (Å²) in [6, 6.07) is 7.82. The predicted octanol–water partition coefficient (Wildman–Crippen LogP) is 1.13. The molecular formula is C18H24ClN7O3. The molecule has 0 amide bonds. The Morgan fingerprint density at radius 3 is 2.38 bits per heavy atom. The first-order chi connectivity index (χ1) is 13.4. The molecule has 1 aromatic heterocycles. The summed E-state index contributed by atoms with van der Waals surface area (Å²) in [6.45, 7) is 4.68. The van der Waals surface area contributed by atoms with Crippen molar-refractivity contribution < 1.29 is 14.7 Å². The highest BCUT2D eigenvalue weighted by atomic mass is 35.5. The first-order valence-electron chi connectivity index (χ1n) is 8.80. The number of carboxylic acids is 1. The van der Waals surface area contributed by atoms with Gasteiger partial charge in [-0.15, -0.1) is 12.4 Å². The topological polar surface area (TPSA) is 143 Å². The molecule has 0 saturated carbocycles. The van der Waals surface area contributed by atoms with E-state index in [0.29, 0.717) is 5.82 Å². The number of nitrogens with zero attached hydrogens (tertiary/aromatic N) is 5. The minimum absolute atomic E-state index is 0. The average Bonchev–Trinajstić information content (AvgIpc) is 2.65. The number of hydrogen-bond acceptors (Lipinski definition) is 9. The Morgan fingerprint density at radius 1 is 1.17 bits per heavy atom. The lowest BCUT2D eigenvalue weighted by Crippen LogP contribution is -2.47. The van der Waals surface area contributed by atoms with E-state index in [4.69, 9.17) is 16.6 Å². The molecule has 3 rings (SSSR count). The lowest BCUT2D eigenvalue weighted by Gasteiger charge is -2.38. The Kier molecular flexibility index (Phi) is 7.43. The van der Waals surface area contributed by atoms with E-state index >= 15 is 0 Å². The molecule has 0 bridgehead atoms. The number of aryl methyl sites for hydroxylation is 1. The quantitative estimate of drug-likeness (QED) is 0.461. The van der Waals surface area contributed by atoms with Crippen LogP contribution in [-0.2, 0) is 9.63 Å². The van der Waals surface area contributed by atoms with E-state index in [1.807, 2.05) is 31.2 Å². The van der Waals surface area contributed by atoms with Gasteiger partial charge in [0.05, 0.1) is 11.9 Å². The standard InChI is InChI=1S/C18H23N7O3.ClH/c1-12-16(17(19)23-18(20)22-12)25-8-6-24(7-9-25)14-4-2-13(3-5-14)10-21-28-11-15(26)27;/h2-5,10H,6-9,11H2,1H3,(H,26,27)(H4,19,20,22,23);1H/b21-10+;. The fourth-order valence-corrected chi connectivity index (χ4v) is 3.15. The normalized spacial score (nSPS) is 14.0. The van der Waals surface area contributed by atoms with Crippen LogP contribution in [0.1, 0.15) is 11.3 Å². The Morgan fingerprint density at radius 2 is 1.79 bits per heavy atom. The van der Waals surface area contributed by atoms with Gasteiger partial charge in [-0.1, -0.05) is 17.3 Å². The highest BCUT2D eigenvalue weighted by Gasteiger charge is 2.22. The SMILES string of the molecule is Cc1nc(N)nc(N)c1N1CCN(c2ccc(/C=N/OCC(=O)O)cc2)CC1.Cl. The maximum atomic E-state index is 10.4. The van der Waals surface area contributed by atoms with Gasteiger partial charge in [-0.25, -0.2) is 9.78 Å². The average molecular weight is 422 g/mol. The first-order valence-corrected chi connectivity index (χ1v) is 8.80. The summed E-state index contributed by atoms with van der Waals surface area (Å²) in [6.07, 6.45) is 1.48. The summed E-state index contributed by atoms with van der Waals surface area (Å²) in [4.78, 5) is 27.8. The number of carbonyl (C=O) groups is 1. The molecule has 5 N–H and O–H groups in total. The van der Waals surface area contributed by atoms with Crippen molar-refractivity contribution in [2.45, 2.75) is 6.92 Å². The number of carboxylic acid groups (broad SMARTS) is 1. The van der Waals surface area contributed by atoms with E-state index in [1.165, 1.54) is 6.21 Å². The molecule has 1 aliphatic heterocycles. The van der Waals surface area contributed by atoms with E-state index in [-0.39, 0.29) is 18.4 Å². The molecule has 2 heterocycles. The van der Waals surface area contributed by atoms with E-state index in [1.54, 1.807) is 0 Å². The van der Waals surface area contributed by atoms with Crippen LogP contribution in [-0.4, -0.2) is 60.0 Å². The van der Waals surface area contributed by atoms with Crippen molar-refractivity contribution in [3.05, 3.63) is 35.5 Å². The van der Waals surface area contributed by atoms with Crippen LogP contribution >= 0.6 is 12.4 Å². The van der Waals surface area contributed by atoms with Crippen LogP contribution in [0.3, 0.4) is 0 Å². The summed E-state index contributed by atoms with van der Waals surface area (Å²) in [7, 11) is 0. The highest BCUT2D eigenvalue weighted by Crippen LogP contribution is 2.27. The van der Waals surface area contributed by atoms with Crippen molar-refractivity contribution in [1.82, 2.24) is 9.97 Å². The van der Waals surface area contributed by atoms with Gasteiger partial charge in [0.1, 0.15) is 5.69 Å². The maximum absolute atomic E-state index is 10.4. The second kappa shape index (κ2) is 9.78. The van der Waals surface area contributed by atoms with Gasteiger partial charge in [-0.05, 0) is 24.6 Å². The Balaban J connectivity index is 0.00000300. The third-order valence-corrected chi connectivity index (χ3v) is 4.42. The van der Waals surface area contributed by atoms with Gasteiger partial charge in [0.15, 0.2) is 5.82 Å². The van der Waals surface area contributed by atoms with Crippen LogP contribution in [0.2, 0.25) is 0 Å². The molecule has 0 atom stereocenters. The maximum Gasteiger partial charge on any atom is 0.344 e. The van der Waals surface area contributed by atoms with E-state index in [2.05, 4.69) is 29.8 Å². The van der Waals surface area contributed by atoms with Crippen molar-refractivity contribution in [3.63, 3.8) is 0 Å². The second-order valence-electron chi connectivity index (χ2n) is 6.37. The largest absolute Gasteiger partial charge is 0.479 e. The summed E-state index contributed by atoms with van der Waals surface area (Å²) in [5.41, 5.74) is 15.2. The number of nitrogen functional groups attached to an aromatic ring is 2. The highest BCUT2D eigenvalue weighted by molar-refractivity contribution is 5.85. The van der Waals surface area contributed by atoms with E-state index < -0.39 is 12.6 Å². The third-order valence-electron chi connectivity index (χ3n) is 4.42. The molecule has 1 fully saturated rings. The van der Waals surface area contributed by atoms with Gasteiger partial charge in [-0.2, -0.15) is 4.98 Å². The minimum atomic E-state index is -1.06. The lowest BCUT2D eigenvalue weighted by atomic mass is 10.2. The molecular weight excluding hydrogens is 398 g/mol. The molecule has 29 heavy (non-hydrogen) atoms. The molecule has 0 radical (unpaired) electrons. The molecule has 1 aliphatic rings. The minimum Gasteiger partial charge on any atom is -0.479 e. The van der Waals surface area contributed by atoms with E-state index in [9.17, 15) is 4.79 Å². The predicted molar refractivity (Wildman–Crippen MR) is 115 cm³/mol. The number of halogens is 1. The zero-order valence-corrected chi connectivity index (χ0v) is 16.8. The summed E-state index contributed by atoms with van der Waals surface area (Å²) in [5.74, 6) is -0.462.